The van der Waals surface area contributed by atoms with E-state index in [0.29, 0.717) is 5.92 Å². The highest BCUT2D eigenvalue weighted by atomic mass is 16.4. The van der Waals surface area contributed by atoms with Gasteiger partial charge in [0, 0.05) is 6.04 Å². The van der Waals surface area contributed by atoms with E-state index in [4.69, 9.17) is 5.11 Å². The van der Waals surface area contributed by atoms with Crippen LogP contribution in [0.5, 0.6) is 0 Å². The quantitative estimate of drug-likeness (QED) is 0.601. The molecule has 16 heavy (non-hydrogen) atoms. The highest BCUT2D eigenvalue weighted by molar-refractivity contribution is 5.82. The summed E-state index contributed by atoms with van der Waals surface area (Å²) in [6, 6.07) is -1.38. The van der Waals surface area contributed by atoms with Gasteiger partial charge in [0.25, 0.3) is 0 Å². The first-order chi connectivity index (χ1) is 7.38. The Morgan fingerprint density at radius 3 is 2.25 bits per heavy atom. The molecular weight excluding hydrogens is 208 g/mol. The van der Waals surface area contributed by atoms with Gasteiger partial charge in [-0.2, -0.15) is 0 Å². The number of rotatable bonds is 6. The lowest BCUT2D eigenvalue weighted by Gasteiger charge is -2.19. The molecule has 0 aliphatic heterocycles. The van der Waals surface area contributed by atoms with Crippen LogP contribution in [0.15, 0.2) is 12.7 Å². The highest BCUT2D eigenvalue weighted by Gasteiger charge is 2.19. The van der Waals surface area contributed by atoms with Crippen molar-refractivity contribution in [3.05, 3.63) is 12.7 Å². The smallest absolute Gasteiger partial charge is 0.326 e. The molecule has 5 heteroatoms. The van der Waals surface area contributed by atoms with Gasteiger partial charge in [-0.1, -0.05) is 19.9 Å². The van der Waals surface area contributed by atoms with Crippen molar-refractivity contribution in [2.45, 2.75) is 39.3 Å². The first kappa shape index (κ1) is 14.5. The standard InChI is InChI=1S/C11H20N2O3/c1-5-6-9(10(14)15)13-11(16)12-8(4)7(2)3/h5,7-9H,1,6H2,2-4H3,(H,14,15)(H2,12,13,16). The number of hydrogen-bond donors (Lipinski definition) is 3. The van der Waals surface area contributed by atoms with Crippen LogP contribution in [0.25, 0.3) is 0 Å². The highest BCUT2D eigenvalue weighted by Crippen LogP contribution is 2.00. The molecule has 0 aliphatic carbocycles. The van der Waals surface area contributed by atoms with Gasteiger partial charge in [0.15, 0.2) is 0 Å². The number of carbonyl (C=O) groups excluding carboxylic acids is 1. The summed E-state index contributed by atoms with van der Waals surface area (Å²) in [6.45, 7) is 9.26. The second-order valence-electron chi connectivity index (χ2n) is 4.07. The van der Waals surface area contributed by atoms with Crippen molar-refractivity contribution in [2.75, 3.05) is 0 Å². The Balaban J connectivity index is 4.19. The minimum atomic E-state index is -1.06. The van der Waals surface area contributed by atoms with E-state index in [-0.39, 0.29) is 12.5 Å². The van der Waals surface area contributed by atoms with E-state index >= 15 is 0 Å². The zero-order valence-electron chi connectivity index (χ0n) is 9.99. The van der Waals surface area contributed by atoms with Gasteiger partial charge in [-0.25, -0.2) is 9.59 Å². The van der Waals surface area contributed by atoms with Crippen molar-refractivity contribution >= 4 is 12.0 Å². The molecule has 0 rings (SSSR count). The zero-order chi connectivity index (χ0) is 12.7. The molecule has 2 amide bonds. The Labute approximate surface area is 95.9 Å². The number of hydrogen-bond acceptors (Lipinski definition) is 2. The molecule has 0 saturated carbocycles. The van der Waals surface area contributed by atoms with Crippen molar-refractivity contribution in [3.63, 3.8) is 0 Å². The van der Waals surface area contributed by atoms with E-state index in [2.05, 4.69) is 17.2 Å². The summed E-state index contributed by atoms with van der Waals surface area (Å²) in [7, 11) is 0. The Kier molecular flexibility index (Phi) is 6.22. The Bertz CT molecular complexity index is 264. The zero-order valence-corrected chi connectivity index (χ0v) is 9.99. The molecule has 92 valence electrons. The largest absolute Gasteiger partial charge is 0.480 e. The van der Waals surface area contributed by atoms with E-state index in [1.54, 1.807) is 0 Å². The number of carboxylic acid groups (broad SMARTS) is 1. The molecular formula is C11H20N2O3. The van der Waals surface area contributed by atoms with E-state index in [1.165, 1.54) is 6.08 Å². The predicted octanol–water partition coefficient (Wildman–Crippen LogP) is 1.36. The van der Waals surface area contributed by atoms with Crippen molar-refractivity contribution in [1.29, 1.82) is 0 Å². The topological polar surface area (TPSA) is 78.4 Å². The van der Waals surface area contributed by atoms with E-state index in [1.807, 2.05) is 20.8 Å². The Morgan fingerprint density at radius 1 is 1.31 bits per heavy atom. The molecule has 0 bridgehead atoms. The lowest BCUT2D eigenvalue weighted by molar-refractivity contribution is -0.139. The summed E-state index contributed by atoms with van der Waals surface area (Å²) in [5.41, 5.74) is 0. The number of aliphatic carboxylic acids is 1. The SMILES string of the molecule is C=CCC(NC(=O)NC(C)C(C)C)C(=O)O. The van der Waals surface area contributed by atoms with Gasteiger partial charge in [0.2, 0.25) is 0 Å². The fourth-order valence-corrected chi connectivity index (χ4v) is 0.962. The van der Waals surface area contributed by atoms with Gasteiger partial charge >= 0.3 is 12.0 Å². The molecule has 0 fully saturated rings. The van der Waals surface area contributed by atoms with Gasteiger partial charge in [-0.3, -0.25) is 0 Å². The van der Waals surface area contributed by atoms with Crippen molar-refractivity contribution in [3.8, 4) is 0 Å². The Hall–Kier alpha value is -1.52. The average Bonchev–Trinajstić information content (AvgIpc) is 2.16. The van der Waals surface area contributed by atoms with Crippen LogP contribution in [-0.4, -0.2) is 29.2 Å². The monoisotopic (exact) mass is 228 g/mol. The summed E-state index contributed by atoms with van der Waals surface area (Å²) < 4.78 is 0. The normalized spacial score (nSPS) is 14.0. The molecule has 3 N–H and O–H groups in total. The van der Waals surface area contributed by atoms with E-state index in [9.17, 15) is 9.59 Å². The number of amides is 2. The van der Waals surface area contributed by atoms with Crippen LogP contribution in [0.4, 0.5) is 4.79 Å². The molecule has 0 aromatic carbocycles. The summed E-state index contributed by atoms with van der Waals surface area (Å²) in [5.74, 6) is -0.763. The van der Waals surface area contributed by atoms with Gasteiger partial charge in [0.1, 0.15) is 6.04 Å². The van der Waals surface area contributed by atoms with Gasteiger partial charge < -0.3 is 15.7 Å². The maximum absolute atomic E-state index is 11.4. The maximum Gasteiger partial charge on any atom is 0.326 e. The van der Waals surface area contributed by atoms with Gasteiger partial charge in [-0.15, -0.1) is 6.58 Å². The fraction of sp³-hybridized carbons (Fsp3) is 0.636. The van der Waals surface area contributed by atoms with Crippen LogP contribution in [0, 0.1) is 5.92 Å². The Morgan fingerprint density at radius 2 is 1.88 bits per heavy atom. The minimum Gasteiger partial charge on any atom is -0.480 e. The third kappa shape index (κ3) is 5.38. The van der Waals surface area contributed by atoms with Crippen molar-refractivity contribution < 1.29 is 14.7 Å². The predicted molar refractivity (Wildman–Crippen MR) is 62.2 cm³/mol. The lowest BCUT2D eigenvalue weighted by atomic mass is 10.1. The fourth-order valence-electron chi connectivity index (χ4n) is 0.962. The second-order valence-corrected chi connectivity index (χ2v) is 4.07. The second kappa shape index (κ2) is 6.87. The summed E-state index contributed by atoms with van der Waals surface area (Å²) in [5, 5.41) is 13.9. The lowest BCUT2D eigenvalue weighted by Crippen LogP contribution is -2.49. The number of carboxylic acids is 1. The molecule has 0 aliphatic rings. The summed E-state index contributed by atoms with van der Waals surface area (Å²) in [4.78, 5) is 22.2. The molecule has 0 radical (unpaired) electrons. The molecule has 0 saturated heterocycles. The molecule has 0 aromatic rings. The van der Waals surface area contributed by atoms with Crippen LogP contribution in [0.2, 0.25) is 0 Å². The van der Waals surface area contributed by atoms with Crippen LogP contribution >= 0.6 is 0 Å². The maximum atomic E-state index is 11.4. The number of urea groups is 1. The van der Waals surface area contributed by atoms with Gasteiger partial charge in [-0.05, 0) is 19.3 Å². The molecule has 0 aromatic heterocycles. The van der Waals surface area contributed by atoms with Gasteiger partial charge in [0.05, 0.1) is 0 Å². The van der Waals surface area contributed by atoms with Crippen LogP contribution in [0.3, 0.4) is 0 Å². The molecule has 0 heterocycles. The molecule has 5 nitrogen and oxygen atoms in total. The minimum absolute atomic E-state index is 0.00169. The van der Waals surface area contributed by atoms with Crippen molar-refractivity contribution in [1.82, 2.24) is 10.6 Å². The third-order valence-electron chi connectivity index (χ3n) is 2.36. The average molecular weight is 228 g/mol. The first-order valence-electron chi connectivity index (χ1n) is 5.29. The van der Waals surface area contributed by atoms with E-state index in [0.717, 1.165) is 0 Å². The summed E-state index contributed by atoms with van der Waals surface area (Å²) >= 11 is 0. The van der Waals surface area contributed by atoms with Crippen LogP contribution < -0.4 is 10.6 Å². The first-order valence-corrected chi connectivity index (χ1v) is 5.29. The molecule has 0 spiro atoms. The van der Waals surface area contributed by atoms with E-state index < -0.39 is 18.0 Å². The molecule has 2 unspecified atom stereocenters. The number of nitrogens with one attached hydrogen (secondary N) is 2. The summed E-state index contributed by atoms with van der Waals surface area (Å²) in [6.07, 6.45) is 1.67. The van der Waals surface area contributed by atoms with Crippen molar-refractivity contribution in [2.24, 2.45) is 5.92 Å². The molecule has 2 atom stereocenters. The third-order valence-corrected chi connectivity index (χ3v) is 2.36. The number of carbonyl (C=O) groups is 2. The van der Waals surface area contributed by atoms with Crippen LogP contribution in [-0.2, 0) is 4.79 Å². The van der Waals surface area contributed by atoms with Crippen LogP contribution in [0.1, 0.15) is 27.2 Å².